The largest absolute Gasteiger partial charge is 0.507 e. The summed E-state index contributed by atoms with van der Waals surface area (Å²) in [6.07, 6.45) is 4.03. The molecule has 6 atom stereocenters. The molecule has 2 saturated heterocycles. The molecule has 2 aromatic rings. The summed E-state index contributed by atoms with van der Waals surface area (Å²) in [5.74, 6) is -5.17. The van der Waals surface area contributed by atoms with E-state index in [0.29, 0.717) is 28.8 Å². The average molecular weight is 691 g/mol. The first kappa shape index (κ1) is 27.5. The van der Waals surface area contributed by atoms with Gasteiger partial charge < -0.3 is 5.11 Å². The summed E-state index contributed by atoms with van der Waals surface area (Å²) in [4.78, 5) is 53.2. The second kappa shape index (κ2) is 9.42. The van der Waals surface area contributed by atoms with Gasteiger partial charge in [-0.1, -0.05) is 35.9 Å². The second-order valence-corrected chi connectivity index (χ2v) is 13.3. The topological polar surface area (TPSA) is 95.0 Å². The van der Waals surface area contributed by atoms with Crippen LogP contribution in [0.15, 0.2) is 66.8 Å². The number of allylic oxidation sites excluding steroid dienone is 3. The van der Waals surface area contributed by atoms with Crippen LogP contribution in [0.1, 0.15) is 29.9 Å². The minimum Gasteiger partial charge on any atom is -0.507 e. The van der Waals surface area contributed by atoms with Gasteiger partial charge in [-0.15, -0.1) is 29.8 Å². The number of amides is 4. The Kier molecular flexibility index (Phi) is 6.47. The molecule has 6 unspecified atom stereocenters. The Hall–Kier alpha value is -2.69. The average Bonchev–Trinajstić information content (AvgIpc) is 3.26. The van der Waals surface area contributed by atoms with E-state index in [1.165, 1.54) is 11.9 Å². The lowest BCUT2D eigenvalue weighted by molar-refractivity contribution is -0.138. The number of carbonyl (C=O) groups excluding carboxylic acids is 4. The van der Waals surface area contributed by atoms with Crippen molar-refractivity contribution in [2.24, 2.45) is 17.8 Å². The minimum atomic E-state index is -1.94. The van der Waals surface area contributed by atoms with E-state index in [-0.39, 0.29) is 30.4 Å². The Morgan fingerprint density at radius 3 is 2.42 bits per heavy atom. The number of hydrogen-bond donors (Lipinski definition) is 1. The van der Waals surface area contributed by atoms with Gasteiger partial charge in [-0.25, -0.2) is 0 Å². The van der Waals surface area contributed by atoms with Crippen molar-refractivity contribution in [3.8, 4) is 5.75 Å². The molecule has 2 aliphatic heterocycles. The smallest absolute Gasteiger partial charge is 0.253 e. The maximum Gasteiger partial charge on any atom is 0.253 e. The number of phenolic OH excluding ortho intramolecular Hbond substituents is 1. The molecule has 1 N–H and O–H groups in total. The van der Waals surface area contributed by atoms with E-state index < -0.39 is 45.2 Å². The van der Waals surface area contributed by atoms with E-state index in [1.54, 1.807) is 36.4 Å². The van der Waals surface area contributed by atoms with E-state index in [2.05, 4.69) is 29.2 Å². The zero-order valence-corrected chi connectivity index (χ0v) is 25.1. The van der Waals surface area contributed by atoms with Gasteiger partial charge in [0.15, 0.2) is 9.75 Å². The fourth-order valence-electron chi connectivity index (χ4n) is 7.10. The fourth-order valence-corrected chi connectivity index (χ4v) is 8.47. The highest BCUT2D eigenvalue weighted by Crippen LogP contribution is 2.66. The third kappa shape index (κ3) is 3.48. The Labute approximate surface area is 254 Å². The van der Waals surface area contributed by atoms with E-state index in [1.807, 2.05) is 18.2 Å². The third-order valence-corrected chi connectivity index (χ3v) is 11.1. The normalized spacial score (nSPS) is 33.0. The summed E-state index contributed by atoms with van der Waals surface area (Å²) >= 11 is 16.5. The van der Waals surface area contributed by atoms with Gasteiger partial charge in [-0.2, -0.15) is 0 Å². The highest BCUT2D eigenvalue weighted by atomic mass is 127. The number of aromatic hydroxyl groups is 1. The van der Waals surface area contributed by atoms with Gasteiger partial charge in [0.25, 0.3) is 11.8 Å². The minimum absolute atomic E-state index is 0.0701. The zero-order chi connectivity index (χ0) is 28.7. The van der Waals surface area contributed by atoms with Gasteiger partial charge >= 0.3 is 0 Å². The molecule has 206 valence electrons. The first-order valence-electron chi connectivity index (χ1n) is 12.9. The molecular formula is C30H25Cl2IN2O5. The molecule has 2 aliphatic carbocycles. The second-order valence-electron chi connectivity index (χ2n) is 10.8. The molecule has 10 heteroatoms. The maximum absolute atomic E-state index is 14.0. The van der Waals surface area contributed by atoms with Crippen LogP contribution in [0, 0.1) is 21.3 Å². The Bertz CT molecular complexity index is 1540. The summed E-state index contributed by atoms with van der Waals surface area (Å²) in [7, 11) is 1.34. The number of nitrogens with zero attached hydrogens (tertiary/aromatic N) is 2. The molecule has 6 rings (SSSR count). The van der Waals surface area contributed by atoms with Gasteiger partial charge in [0, 0.05) is 22.1 Å². The molecule has 40 heavy (non-hydrogen) atoms. The van der Waals surface area contributed by atoms with Crippen LogP contribution in [-0.4, -0.2) is 50.4 Å². The molecule has 2 heterocycles. The summed E-state index contributed by atoms with van der Waals surface area (Å²) in [6, 6.07) is 12.3. The van der Waals surface area contributed by atoms with Gasteiger partial charge in [0.2, 0.25) is 11.8 Å². The number of rotatable bonds is 4. The molecular weight excluding hydrogens is 666 g/mol. The van der Waals surface area contributed by atoms with Crippen molar-refractivity contribution in [2.75, 3.05) is 11.9 Å². The van der Waals surface area contributed by atoms with Crippen molar-refractivity contribution >= 4 is 75.1 Å². The van der Waals surface area contributed by atoms with Gasteiger partial charge in [-0.3, -0.25) is 29.0 Å². The quantitative estimate of drug-likeness (QED) is 0.213. The first-order chi connectivity index (χ1) is 19.0. The number of fused-ring (bicyclic) bond motifs is 4. The van der Waals surface area contributed by atoms with Crippen molar-refractivity contribution in [3.63, 3.8) is 0 Å². The van der Waals surface area contributed by atoms with Crippen LogP contribution in [-0.2, 0) is 25.6 Å². The Morgan fingerprint density at radius 1 is 1.05 bits per heavy atom. The van der Waals surface area contributed by atoms with Crippen LogP contribution >= 0.6 is 45.8 Å². The van der Waals surface area contributed by atoms with Crippen molar-refractivity contribution in [3.05, 3.63) is 81.5 Å². The lowest BCUT2D eigenvalue weighted by Gasteiger charge is -2.50. The number of benzene rings is 2. The van der Waals surface area contributed by atoms with Crippen molar-refractivity contribution in [1.29, 1.82) is 0 Å². The summed E-state index contributed by atoms with van der Waals surface area (Å²) in [5.41, 5.74) is 2.04. The number of hydrogen-bond acceptors (Lipinski definition) is 5. The van der Waals surface area contributed by atoms with Crippen LogP contribution in [0.2, 0.25) is 0 Å². The van der Waals surface area contributed by atoms with E-state index in [4.69, 9.17) is 23.2 Å². The number of para-hydroxylation sites is 1. The van der Waals surface area contributed by atoms with Gasteiger partial charge in [0.05, 0.1) is 17.5 Å². The lowest BCUT2D eigenvalue weighted by atomic mass is 9.56. The van der Waals surface area contributed by atoms with Crippen LogP contribution < -0.4 is 4.90 Å². The van der Waals surface area contributed by atoms with Crippen molar-refractivity contribution in [1.82, 2.24) is 4.90 Å². The van der Waals surface area contributed by atoms with Crippen LogP contribution in [0.5, 0.6) is 5.75 Å². The number of carbonyl (C=O) groups is 4. The molecule has 4 amide bonds. The summed E-state index contributed by atoms with van der Waals surface area (Å²) in [6.45, 7) is 3.75. The van der Waals surface area contributed by atoms with Gasteiger partial charge in [0.1, 0.15) is 5.75 Å². The van der Waals surface area contributed by atoms with E-state index in [9.17, 15) is 24.3 Å². The SMILES string of the molecule is C=CCc1cccc(C2C3=CCC4C(=O)N(c5ccc(I)cc5)C(=O)C4C3CC3(Cl)C(=O)N(C)C(=O)C23Cl)c1O. The van der Waals surface area contributed by atoms with E-state index >= 15 is 0 Å². The standard InChI is InChI=1S/C30H25Cl2IN2O5/c1-3-5-15-6-4-7-20(24(15)36)23-18-12-13-19-22(26(38)35(25(19)37)17-10-8-16(33)9-11-17)21(18)14-29(31)27(39)34(2)28(40)30(23,29)32/h3-4,6-12,19,21-23,36H,1,5,13-14H2,2H3. The number of halogens is 3. The molecule has 2 aromatic carbocycles. The molecule has 3 fully saturated rings. The maximum atomic E-state index is 14.0. The van der Waals surface area contributed by atoms with Crippen LogP contribution in [0.4, 0.5) is 5.69 Å². The molecule has 1 saturated carbocycles. The number of phenols is 1. The molecule has 0 aromatic heterocycles. The third-order valence-electron chi connectivity index (χ3n) is 8.93. The summed E-state index contributed by atoms with van der Waals surface area (Å²) < 4.78 is 0.964. The highest BCUT2D eigenvalue weighted by Gasteiger charge is 2.76. The number of imide groups is 2. The predicted octanol–water partition coefficient (Wildman–Crippen LogP) is 4.92. The molecule has 0 spiro atoms. The van der Waals surface area contributed by atoms with E-state index in [0.717, 1.165) is 8.47 Å². The van der Waals surface area contributed by atoms with Crippen molar-refractivity contribution < 1.29 is 24.3 Å². The Morgan fingerprint density at radius 2 is 1.75 bits per heavy atom. The fraction of sp³-hybridized carbons (Fsp3) is 0.333. The lowest BCUT2D eigenvalue weighted by Crippen LogP contribution is -2.60. The molecule has 0 radical (unpaired) electrons. The zero-order valence-electron chi connectivity index (χ0n) is 21.4. The van der Waals surface area contributed by atoms with Crippen LogP contribution in [0.25, 0.3) is 0 Å². The number of anilines is 1. The van der Waals surface area contributed by atoms with Crippen LogP contribution in [0.3, 0.4) is 0 Å². The predicted molar refractivity (Wildman–Crippen MR) is 159 cm³/mol. The number of alkyl halides is 2. The van der Waals surface area contributed by atoms with Crippen molar-refractivity contribution in [2.45, 2.75) is 34.9 Å². The highest BCUT2D eigenvalue weighted by molar-refractivity contribution is 14.1. The van der Waals surface area contributed by atoms with Gasteiger partial charge in [-0.05, 0) is 77.6 Å². The molecule has 0 bridgehead atoms. The summed E-state index contributed by atoms with van der Waals surface area (Å²) in [5, 5.41) is 11.4. The Balaban J connectivity index is 1.53. The monoisotopic (exact) mass is 690 g/mol. The first-order valence-corrected chi connectivity index (χ1v) is 14.8. The molecule has 4 aliphatic rings. The molecule has 7 nitrogen and oxygen atoms in total. The number of likely N-dealkylation sites (tertiary alicyclic amines) is 1.